The normalized spacial score (nSPS) is 28.1. The summed E-state index contributed by atoms with van der Waals surface area (Å²) in [6.07, 6.45) is 2.54. The Bertz CT molecular complexity index is 163. The highest BCUT2D eigenvalue weighted by Gasteiger charge is 2.19. The van der Waals surface area contributed by atoms with Crippen molar-refractivity contribution >= 4 is 0 Å². The lowest BCUT2D eigenvalue weighted by molar-refractivity contribution is -0.00191. The van der Waals surface area contributed by atoms with Crippen LogP contribution in [0, 0.1) is 0 Å². The van der Waals surface area contributed by atoms with Crippen molar-refractivity contribution in [2.24, 2.45) is 0 Å². The van der Waals surface area contributed by atoms with Crippen LogP contribution in [0.15, 0.2) is 0 Å². The first kappa shape index (κ1) is 10.4. The summed E-state index contributed by atoms with van der Waals surface area (Å²) in [4.78, 5) is 2.40. The molecule has 0 radical (unpaired) electrons. The number of piperidine rings is 1. The van der Waals surface area contributed by atoms with Crippen molar-refractivity contribution < 1.29 is 4.74 Å². The largest absolute Gasteiger partial charge is 0.379 e. The van der Waals surface area contributed by atoms with Gasteiger partial charge in [-0.25, -0.2) is 5.01 Å². The van der Waals surface area contributed by atoms with Gasteiger partial charge in [0.1, 0.15) is 0 Å². The van der Waals surface area contributed by atoms with Gasteiger partial charge in [-0.1, -0.05) is 0 Å². The molecule has 0 aromatic heterocycles. The van der Waals surface area contributed by atoms with Gasteiger partial charge in [-0.15, -0.1) is 0 Å². The standard InChI is InChI=1S/C10H21N3O/c1-12-4-2-10(3-5-12)11-13-6-8-14-9-7-13/h10-11H,2-9H2,1H3. The molecule has 0 atom stereocenters. The Hall–Kier alpha value is -0.160. The number of rotatable bonds is 2. The second kappa shape index (κ2) is 5.07. The lowest BCUT2D eigenvalue weighted by atomic mass is 10.1. The number of hydrogen-bond donors (Lipinski definition) is 1. The number of hydrazine groups is 1. The van der Waals surface area contributed by atoms with Gasteiger partial charge < -0.3 is 9.64 Å². The molecule has 2 saturated heterocycles. The van der Waals surface area contributed by atoms with Gasteiger partial charge in [-0.2, -0.15) is 0 Å². The third kappa shape index (κ3) is 2.92. The second-order valence-electron chi connectivity index (χ2n) is 4.31. The van der Waals surface area contributed by atoms with Crippen molar-refractivity contribution in [2.45, 2.75) is 18.9 Å². The van der Waals surface area contributed by atoms with Crippen molar-refractivity contribution in [1.82, 2.24) is 15.3 Å². The molecule has 82 valence electrons. The monoisotopic (exact) mass is 199 g/mol. The van der Waals surface area contributed by atoms with Gasteiger partial charge in [0, 0.05) is 19.1 Å². The van der Waals surface area contributed by atoms with E-state index < -0.39 is 0 Å². The second-order valence-corrected chi connectivity index (χ2v) is 4.31. The summed E-state index contributed by atoms with van der Waals surface area (Å²) in [5.74, 6) is 0. The van der Waals surface area contributed by atoms with Crippen LogP contribution in [0.2, 0.25) is 0 Å². The summed E-state index contributed by atoms with van der Waals surface area (Å²) in [7, 11) is 2.20. The van der Waals surface area contributed by atoms with Crippen LogP contribution in [-0.2, 0) is 4.74 Å². The van der Waals surface area contributed by atoms with Gasteiger partial charge in [0.25, 0.3) is 0 Å². The molecule has 1 N–H and O–H groups in total. The average Bonchev–Trinajstić information content (AvgIpc) is 2.23. The first-order valence-corrected chi connectivity index (χ1v) is 5.62. The zero-order valence-electron chi connectivity index (χ0n) is 9.04. The fraction of sp³-hybridized carbons (Fsp3) is 1.00. The van der Waals surface area contributed by atoms with E-state index in [1.54, 1.807) is 0 Å². The van der Waals surface area contributed by atoms with Gasteiger partial charge in [-0.3, -0.25) is 5.43 Å². The average molecular weight is 199 g/mol. The Morgan fingerprint density at radius 1 is 1.07 bits per heavy atom. The number of nitrogens with zero attached hydrogens (tertiary/aromatic N) is 2. The van der Waals surface area contributed by atoms with Crippen LogP contribution >= 0.6 is 0 Å². The van der Waals surface area contributed by atoms with E-state index >= 15 is 0 Å². The SMILES string of the molecule is CN1CCC(NN2CCOCC2)CC1. The third-order valence-electron chi connectivity index (χ3n) is 3.09. The van der Waals surface area contributed by atoms with Crippen LogP contribution in [0.3, 0.4) is 0 Å². The predicted molar refractivity (Wildman–Crippen MR) is 56.0 cm³/mol. The van der Waals surface area contributed by atoms with E-state index in [0.717, 1.165) is 26.3 Å². The van der Waals surface area contributed by atoms with E-state index in [9.17, 15) is 0 Å². The van der Waals surface area contributed by atoms with E-state index in [2.05, 4.69) is 22.4 Å². The van der Waals surface area contributed by atoms with Crippen LogP contribution in [-0.4, -0.2) is 62.4 Å². The number of hydrogen-bond acceptors (Lipinski definition) is 4. The maximum atomic E-state index is 5.32. The minimum absolute atomic E-state index is 0.685. The Labute approximate surface area is 86.2 Å². The maximum absolute atomic E-state index is 5.32. The fourth-order valence-electron chi connectivity index (χ4n) is 2.09. The van der Waals surface area contributed by atoms with Crippen LogP contribution in [0.25, 0.3) is 0 Å². The molecule has 2 aliphatic heterocycles. The van der Waals surface area contributed by atoms with Gasteiger partial charge in [0.2, 0.25) is 0 Å². The van der Waals surface area contributed by atoms with Crippen LogP contribution < -0.4 is 5.43 Å². The molecule has 0 aliphatic carbocycles. The van der Waals surface area contributed by atoms with Crippen LogP contribution in [0.1, 0.15) is 12.8 Å². The molecule has 2 aliphatic rings. The van der Waals surface area contributed by atoms with E-state index in [1.807, 2.05) is 0 Å². The Kier molecular flexibility index (Phi) is 3.75. The van der Waals surface area contributed by atoms with E-state index in [4.69, 9.17) is 4.74 Å². The molecule has 2 heterocycles. The lowest BCUT2D eigenvalue weighted by Gasteiger charge is -2.35. The Balaban J connectivity index is 1.68. The topological polar surface area (TPSA) is 27.7 Å². The van der Waals surface area contributed by atoms with Gasteiger partial charge >= 0.3 is 0 Å². The predicted octanol–water partition coefficient (Wildman–Crippen LogP) is -0.0826. The quantitative estimate of drug-likeness (QED) is 0.673. The molecule has 0 saturated carbocycles. The molecule has 0 bridgehead atoms. The molecular weight excluding hydrogens is 178 g/mol. The highest BCUT2D eigenvalue weighted by molar-refractivity contribution is 4.75. The molecule has 0 spiro atoms. The summed E-state index contributed by atoms with van der Waals surface area (Å²) in [6, 6.07) is 0.685. The molecule has 0 amide bonds. The van der Waals surface area contributed by atoms with E-state index in [1.165, 1.54) is 25.9 Å². The smallest absolute Gasteiger partial charge is 0.0608 e. The summed E-state index contributed by atoms with van der Waals surface area (Å²) in [5.41, 5.74) is 3.60. The molecule has 2 rings (SSSR count). The Morgan fingerprint density at radius 2 is 1.71 bits per heavy atom. The molecule has 14 heavy (non-hydrogen) atoms. The van der Waals surface area contributed by atoms with Crippen molar-refractivity contribution in [1.29, 1.82) is 0 Å². The summed E-state index contributed by atoms with van der Waals surface area (Å²) >= 11 is 0. The number of morpholine rings is 1. The van der Waals surface area contributed by atoms with Crippen LogP contribution in [0.4, 0.5) is 0 Å². The number of nitrogens with one attached hydrogen (secondary N) is 1. The van der Waals surface area contributed by atoms with Gasteiger partial charge in [-0.05, 0) is 33.0 Å². The zero-order chi connectivity index (χ0) is 9.80. The van der Waals surface area contributed by atoms with E-state index in [-0.39, 0.29) is 0 Å². The number of likely N-dealkylation sites (tertiary alicyclic amines) is 1. The molecule has 0 aromatic rings. The molecule has 0 unspecified atom stereocenters. The lowest BCUT2D eigenvalue weighted by Crippen LogP contribution is -2.52. The highest BCUT2D eigenvalue weighted by atomic mass is 16.5. The van der Waals surface area contributed by atoms with Crippen molar-refractivity contribution in [3.8, 4) is 0 Å². The third-order valence-corrected chi connectivity index (χ3v) is 3.09. The van der Waals surface area contributed by atoms with Gasteiger partial charge in [0.05, 0.1) is 13.2 Å². The molecule has 4 nitrogen and oxygen atoms in total. The maximum Gasteiger partial charge on any atom is 0.0608 e. The molecule has 0 aromatic carbocycles. The Morgan fingerprint density at radius 3 is 2.36 bits per heavy atom. The molecule has 2 fully saturated rings. The fourth-order valence-corrected chi connectivity index (χ4v) is 2.09. The van der Waals surface area contributed by atoms with Gasteiger partial charge in [0.15, 0.2) is 0 Å². The van der Waals surface area contributed by atoms with Crippen LogP contribution in [0.5, 0.6) is 0 Å². The highest BCUT2D eigenvalue weighted by Crippen LogP contribution is 2.09. The van der Waals surface area contributed by atoms with Crippen molar-refractivity contribution in [2.75, 3.05) is 46.4 Å². The number of ether oxygens (including phenoxy) is 1. The first-order valence-electron chi connectivity index (χ1n) is 5.62. The van der Waals surface area contributed by atoms with E-state index in [0.29, 0.717) is 6.04 Å². The van der Waals surface area contributed by atoms with Crippen molar-refractivity contribution in [3.63, 3.8) is 0 Å². The first-order chi connectivity index (χ1) is 6.84. The van der Waals surface area contributed by atoms with Crippen molar-refractivity contribution in [3.05, 3.63) is 0 Å². The zero-order valence-corrected chi connectivity index (χ0v) is 9.04. The summed E-state index contributed by atoms with van der Waals surface area (Å²) in [6.45, 7) is 6.27. The molecule has 4 heteroatoms. The minimum atomic E-state index is 0.685. The minimum Gasteiger partial charge on any atom is -0.379 e. The summed E-state index contributed by atoms with van der Waals surface area (Å²) < 4.78 is 5.32. The summed E-state index contributed by atoms with van der Waals surface area (Å²) in [5, 5.41) is 2.32. The molecular formula is C10H21N3O.